The van der Waals surface area contributed by atoms with E-state index in [1.54, 1.807) is 24.3 Å². The van der Waals surface area contributed by atoms with Gasteiger partial charge in [0, 0.05) is 17.1 Å². The summed E-state index contributed by atoms with van der Waals surface area (Å²) in [6.07, 6.45) is 3.14. The molecule has 1 aromatic heterocycles. The van der Waals surface area contributed by atoms with E-state index in [0.717, 1.165) is 34.0 Å². The molecule has 0 aliphatic rings. The molecule has 194 valence electrons. The first-order valence-electron chi connectivity index (χ1n) is 12.1. The molecule has 1 atom stereocenters. The van der Waals surface area contributed by atoms with Crippen LogP contribution in [-0.4, -0.2) is 50.7 Å². The van der Waals surface area contributed by atoms with Gasteiger partial charge in [0.2, 0.25) is 10.0 Å². The normalized spacial score (nSPS) is 12.4. The number of amides is 1. The second-order valence-electron chi connectivity index (χ2n) is 8.71. The Bertz CT molecular complexity index is 1480. The Kier molecular flexibility index (Phi) is 8.27. The average molecular weight is 522 g/mol. The van der Waals surface area contributed by atoms with Gasteiger partial charge in [0.05, 0.1) is 29.7 Å². The Morgan fingerprint density at radius 1 is 1.05 bits per heavy atom. The second kappa shape index (κ2) is 11.6. The highest BCUT2D eigenvalue weighted by Gasteiger charge is 2.20. The predicted molar refractivity (Wildman–Crippen MR) is 144 cm³/mol. The summed E-state index contributed by atoms with van der Waals surface area (Å²) in [6, 6.07) is 19.1. The third-order valence-electron chi connectivity index (χ3n) is 6.15. The molecule has 0 unspecified atom stereocenters. The van der Waals surface area contributed by atoms with E-state index < -0.39 is 16.1 Å². The van der Waals surface area contributed by atoms with Gasteiger partial charge < -0.3 is 20.1 Å². The summed E-state index contributed by atoms with van der Waals surface area (Å²) in [5.41, 5.74) is 3.83. The molecule has 37 heavy (non-hydrogen) atoms. The smallest absolute Gasteiger partial charge is 0.255 e. The zero-order chi connectivity index (χ0) is 26.4. The minimum Gasteiger partial charge on any atom is -0.493 e. The molecule has 3 aromatic carbocycles. The molecule has 4 aromatic rings. The molecule has 0 saturated carbocycles. The number of carbonyl (C=O) groups excluding carboxylic acids is 1. The van der Waals surface area contributed by atoms with Crippen molar-refractivity contribution in [1.29, 1.82) is 0 Å². The Morgan fingerprint density at radius 2 is 1.78 bits per heavy atom. The number of hydrogen-bond donors (Lipinski definition) is 4. The highest BCUT2D eigenvalue weighted by molar-refractivity contribution is 7.89. The molecule has 0 radical (unpaired) electrons. The van der Waals surface area contributed by atoms with Gasteiger partial charge in [-0.05, 0) is 66.9 Å². The Labute approximate surface area is 216 Å². The molecule has 0 aliphatic carbocycles. The molecule has 0 fully saturated rings. The summed E-state index contributed by atoms with van der Waals surface area (Å²) in [4.78, 5) is 16.8. The van der Waals surface area contributed by atoms with Crippen LogP contribution in [0.2, 0.25) is 0 Å². The van der Waals surface area contributed by atoms with Gasteiger partial charge in [-0.1, -0.05) is 43.3 Å². The number of aliphatic hydroxyl groups excluding tert-OH is 1. The molecule has 0 aliphatic heterocycles. The minimum atomic E-state index is -3.55. The summed E-state index contributed by atoms with van der Waals surface area (Å²) >= 11 is 0. The molecule has 4 N–H and O–H groups in total. The number of carbonyl (C=O) groups is 1. The fraction of sp³-hybridized carbons (Fsp3) is 0.250. The van der Waals surface area contributed by atoms with Gasteiger partial charge in [-0.15, -0.1) is 0 Å². The minimum absolute atomic E-state index is 0.155. The monoisotopic (exact) mass is 521 g/mol. The van der Waals surface area contributed by atoms with Crippen LogP contribution in [0.3, 0.4) is 0 Å². The van der Waals surface area contributed by atoms with Gasteiger partial charge in [0.15, 0.2) is 0 Å². The zero-order valence-electron chi connectivity index (χ0n) is 20.8. The first-order chi connectivity index (χ1) is 17.9. The lowest BCUT2D eigenvalue weighted by Gasteiger charge is -2.18. The molecule has 9 heteroatoms. The van der Waals surface area contributed by atoms with E-state index in [2.05, 4.69) is 15.0 Å². The molecule has 4 rings (SSSR count). The van der Waals surface area contributed by atoms with Gasteiger partial charge in [-0.3, -0.25) is 4.79 Å². The number of H-pyrrole nitrogens is 1. The lowest BCUT2D eigenvalue weighted by Crippen LogP contribution is -2.39. The number of sulfonamides is 1. The van der Waals surface area contributed by atoms with Crippen LogP contribution in [0.15, 0.2) is 77.8 Å². The SMILES string of the molecule is CCCOc1ccc(-c2ccc(S(=O)(=O)NC)cc2)cc1C(=O)N[C@@H](CO)Cc1c[nH]c2ccccc12. The fourth-order valence-corrected chi connectivity index (χ4v) is 4.89. The van der Waals surface area contributed by atoms with E-state index in [1.807, 2.05) is 43.5 Å². The summed E-state index contributed by atoms with van der Waals surface area (Å²) in [5, 5.41) is 14.0. The van der Waals surface area contributed by atoms with Crippen molar-refractivity contribution in [2.45, 2.75) is 30.7 Å². The van der Waals surface area contributed by atoms with Crippen molar-refractivity contribution in [2.75, 3.05) is 20.3 Å². The maximum atomic E-state index is 13.4. The largest absolute Gasteiger partial charge is 0.493 e. The van der Waals surface area contributed by atoms with Crippen molar-refractivity contribution in [1.82, 2.24) is 15.0 Å². The fourth-order valence-electron chi connectivity index (χ4n) is 4.16. The van der Waals surface area contributed by atoms with E-state index in [0.29, 0.717) is 24.3 Å². The summed E-state index contributed by atoms with van der Waals surface area (Å²) in [6.45, 7) is 2.21. The number of aromatic amines is 1. The molecule has 1 amide bonds. The topological polar surface area (TPSA) is 121 Å². The van der Waals surface area contributed by atoms with Crippen LogP contribution in [0.1, 0.15) is 29.3 Å². The number of nitrogens with one attached hydrogen (secondary N) is 3. The number of fused-ring (bicyclic) bond motifs is 1. The van der Waals surface area contributed by atoms with E-state index in [1.165, 1.54) is 19.2 Å². The molecular weight excluding hydrogens is 490 g/mol. The van der Waals surface area contributed by atoms with E-state index in [-0.39, 0.29) is 17.4 Å². The zero-order valence-corrected chi connectivity index (χ0v) is 21.6. The molecule has 0 spiro atoms. The van der Waals surface area contributed by atoms with Crippen LogP contribution in [0.5, 0.6) is 5.75 Å². The van der Waals surface area contributed by atoms with Crippen LogP contribution in [0.25, 0.3) is 22.0 Å². The maximum absolute atomic E-state index is 13.4. The Hall–Kier alpha value is -3.66. The molecule has 0 saturated heterocycles. The number of para-hydroxylation sites is 1. The summed E-state index contributed by atoms with van der Waals surface area (Å²) in [7, 11) is -2.19. The quantitative estimate of drug-likeness (QED) is 0.239. The lowest BCUT2D eigenvalue weighted by atomic mass is 10.0. The number of benzene rings is 3. The Morgan fingerprint density at radius 3 is 2.49 bits per heavy atom. The van der Waals surface area contributed by atoms with E-state index >= 15 is 0 Å². The first-order valence-corrected chi connectivity index (χ1v) is 13.6. The van der Waals surface area contributed by atoms with Crippen LogP contribution >= 0.6 is 0 Å². The highest BCUT2D eigenvalue weighted by atomic mass is 32.2. The van der Waals surface area contributed by atoms with E-state index in [9.17, 15) is 18.3 Å². The third-order valence-corrected chi connectivity index (χ3v) is 7.58. The van der Waals surface area contributed by atoms with Gasteiger partial charge in [-0.2, -0.15) is 0 Å². The number of aliphatic hydroxyl groups is 1. The van der Waals surface area contributed by atoms with Crippen LogP contribution in [0, 0.1) is 0 Å². The molecule has 0 bridgehead atoms. The average Bonchev–Trinajstić information content (AvgIpc) is 3.34. The number of rotatable bonds is 11. The summed E-state index contributed by atoms with van der Waals surface area (Å²) in [5.74, 6) is 0.0856. The molecule has 1 heterocycles. The lowest BCUT2D eigenvalue weighted by molar-refractivity contribution is 0.0912. The van der Waals surface area contributed by atoms with Gasteiger partial charge in [0.25, 0.3) is 5.91 Å². The highest BCUT2D eigenvalue weighted by Crippen LogP contribution is 2.28. The first kappa shape index (κ1) is 26.4. The van der Waals surface area contributed by atoms with Gasteiger partial charge >= 0.3 is 0 Å². The van der Waals surface area contributed by atoms with Crippen molar-refractivity contribution in [2.24, 2.45) is 0 Å². The Balaban J connectivity index is 1.60. The van der Waals surface area contributed by atoms with E-state index in [4.69, 9.17) is 4.74 Å². The molecular formula is C28H31N3O5S. The van der Waals surface area contributed by atoms with Crippen molar-refractivity contribution >= 4 is 26.8 Å². The third kappa shape index (κ3) is 6.02. The second-order valence-corrected chi connectivity index (χ2v) is 10.6. The van der Waals surface area contributed by atoms with Crippen LogP contribution in [0.4, 0.5) is 0 Å². The summed E-state index contributed by atoms with van der Waals surface area (Å²) < 4.78 is 32.2. The molecule has 8 nitrogen and oxygen atoms in total. The van der Waals surface area contributed by atoms with Crippen molar-refractivity contribution in [3.8, 4) is 16.9 Å². The standard InChI is InChI=1S/C28H31N3O5S/c1-3-14-36-27-13-10-20(19-8-11-23(12-9-19)37(34,35)29-2)16-25(27)28(33)31-22(18-32)15-21-17-30-26-7-5-4-6-24(21)26/h4-13,16-17,22,29-30,32H,3,14-15,18H2,1-2H3,(H,31,33)/t22-/m1/s1. The van der Waals surface area contributed by atoms with Crippen molar-refractivity contribution in [3.05, 3.63) is 84.1 Å². The van der Waals surface area contributed by atoms with Crippen molar-refractivity contribution < 1.29 is 23.1 Å². The number of ether oxygens (including phenoxy) is 1. The maximum Gasteiger partial charge on any atom is 0.255 e. The number of hydrogen-bond acceptors (Lipinski definition) is 5. The van der Waals surface area contributed by atoms with Crippen molar-refractivity contribution in [3.63, 3.8) is 0 Å². The van der Waals surface area contributed by atoms with Gasteiger partial charge in [0.1, 0.15) is 5.75 Å². The van der Waals surface area contributed by atoms with Gasteiger partial charge in [-0.25, -0.2) is 13.1 Å². The van der Waals surface area contributed by atoms with Crippen LogP contribution < -0.4 is 14.8 Å². The number of aromatic nitrogens is 1. The van der Waals surface area contributed by atoms with Crippen LogP contribution in [-0.2, 0) is 16.4 Å². The predicted octanol–water partition coefficient (Wildman–Crippen LogP) is 3.87.